The van der Waals surface area contributed by atoms with Crippen LogP contribution in [0.3, 0.4) is 0 Å². The molecule has 4 rings (SSSR count). The second-order valence-corrected chi connectivity index (χ2v) is 9.25. The van der Waals surface area contributed by atoms with Gasteiger partial charge >= 0.3 is 0 Å². The van der Waals surface area contributed by atoms with E-state index in [4.69, 9.17) is 14.2 Å². The summed E-state index contributed by atoms with van der Waals surface area (Å²) >= 11 is 0. The van der Waals surface area contributed by atoms with Gasteiger partial charge in [0.15, 0.2) is 11.5 Å². The number of phenolic OH excluding ortho intramolecular Hbond substituents is 1. The van der Waals surface area contributed by atoms with Crippen molar-refractivity contribution in [3.63, 3.8) is 0 Å². The Morgan fingerprint density at radius 1 is 1.17 bits per heavy atom. The van der Waals surface area contributed by atoms with E-state index in [0.717, 1.165) is 12.8 Å². The van der Waals surface area contributed by atoms with Crippen LogP contribution in [-0.2, 0) is 14.3 Å². The lowest BCUT2D eigenvalue weighted by Crippen LogP contribution is -2.36. The van der Waals surface area contributed by atoms with E-state index in [1.54, 1.807) is 36.4 Å². The summed E-state index contributed by atoms with van der Waals surface area (Å²) in [6, 6.07) is 10.6. The Bertz CT molecular complexity index is 1120. The Balaban J connectivity index is 1.75. The molecule has 2 unspecified atom stereocenters. The van der Waals surface area contributed by atoms with E-state index in [9.17, 15) is 19.8 Å². The van der Waals surface area contributed by atoms with Crippen LogP contribution in [0.25, 0.3) is 5.76 Å². The zero-order valence-electron chi connectivity index (χ0n) is 20.2. The molecule has 0 bridgehead atoms. The summed E-state index contributed by atoms with van der Waals surface area (Å²) < 4.78 is 16.5. The number of likely N-dealkylation sites (tertiary alicyclic amines) is 1. The van der Waals surface area contributed by atoms with Gasteiger partial charge < -0.3 is 29.3 Å². The molecule has 8 heteroatoms. The number of carbonyl (C=O) groups excluding carboxylic acids is 2. The number of aliphatic hydroxyl groups is 1. The number of rotatable bonds is 8. The highest BCUT2D eigenvalue weighted by molar-refractivity contribution is 6.46. The number of benzene rings is 2. The lowest BCUT2D eigenvalue weighted by Gasteiger charge is -2.27. The summed E-state index contributed by atoms with van der Waals surface area (Å²) in [6.07, 6.45) is 1.47. The van der Waals surface area contributed by atoms with Crippen LogP contribution in [0.4, 0.5) is 0 Å². The van der Waals surface area contributed by atoms with Crippen molar-refractivity contribution < 1.29 is 34.0 Å². The quantitative estimate of drug-likeness (QED) is 0.333. The van der Waals surface area contributed by atoms with Gasteiger partial charge in [0.1, 0.15) is 11.5 Å². The zero-order chi connectivity index (χ0) is 25.1. The normalized spacial score (nSPS) is 21.7. The van der Waals surface area contributed by atoms with Crippen LogP contribution in [-0.4, -0.2) is 59.8 Å². The molecule has 8 nitrogen and oxygen atoms in total. The SMILES string of the molecule is COc1ccc(C2/C(=C(/O)c3ccc(OCC(C)C)cc3)C(=O)C(=O)N2CC2CCCO2)cc1O. The number of methoxy groups -OCH3 is 1. The van der Waals surface area contributed by atoms with E-state index < -0.39 is 17.7 Å². The molecule has 0 aromatic heterocycles. The number of ketones is 1. The van der Waals surface area contributed by atoms with Gasteiger partial charge in [0, 0.05) is 18.7 Å². The minimum Gasteiger partial charge on any atom is -0.507 e. The van der Waals surface area contributed by atoms with E-state index in [-0.39, 0.29) is 35.5 Å². The fourth-order valence-electron chi connectivity index (χ4n) is 4.43. The number of hydrogen-bond donors (Lipinski definition) is 2. The Kier molecular flexibility index (Phi) is 7.31. The predicted octanol–water partition coefficient (Wildman–Crippen LogP) is 4.04. The molecule has 186 valence electrons. The van der Waals surface area contributed by atoms with Crippen LogP contribution in [0, 0.1) is 5.92 Å². The zero-order valence-corrected chi connectivity index (χ0v) is 20.2. The summed E-state index contributed by atoms with van der Waals surface area (Å²) in [7, 11) is 1.44. The van der Waals surface area contributed by atoms with Gasteiger partial charge in [0.25, 0.3) is 11.7 Å². The van der Waals surface area contributed by atoms with E-state index in [1.807, 2.05) is 13.8 Å². The molecular formula is C27H31NO7. The first kappa shape index (κ1) is 24.6. The third kappa shape index (κ3) is 5.12. The maximum atomic E-state index is 13.2. The van der Waals surface area contributed by atoms with Crippen molar-refractivity contribution in [3.05, 3.63) is 59.2 Å². The topological polar surface area (TPSA) is 106 Å². The van der Waals surface area contributed by atoms with Crippen LogP contribution < -0.4 is 9.47 Å². The third-order valence-electron chi connectivity index (χ3n) is 6.19. The number of amides is 1. The molecule has 0 radical (unpaired) electrons. The first-order valence-corrected chi connectivity index (χ1v) is 11.8. The van der Waals surface area contributed by atoms with Gasteiger partial charge in [0.2, 0.25) is 0 Å². The fraction of sp³-hybridized carbons (Fsp3) is 0.407. The molecular weight excluding hydrogens is 450 g/mol. The Morgan fingerprint density at radius 2 is 1.91 bits per heavy atom. The molecule has 0 saturated carbocycles. The summed E-state index contributed by atoms with van der Waals surface area (Å²) in [6.45, 7) is 5.47. The summed E-state index contributed by atoms with van der Waals surface area (Å²) in [5.41, 5.74) is 0.840. The van der Waals surface area contributed by atoms with Gasteiger partial charge in [-0.15, -0.1) is 0 Å². The second kappa shape index (κ2) is 10.4. The van der Waals surface area contributed by atoms with Crippen LogP contribution in [0.2, 0.25) is 0 Å². The molecule has 35 heavy (non-hydrogen) atoms. The second-order valence-electron chi connectivity index (χ2n) is 9.25. The molecule has 2 aliphatic heterocycles. The van der Waals surface area contributed by atoms with Crippen molar-refractivity contribution in [2.75, 3.05) is 26.9 Å². The minimum atomic E-state index is -0.882. The van der Waals surface area contributed by atoms with E-state index in [1.165, 1.54) is 18.1 Å². The van der Waals surface area contributed by atoms with Crippen molar-refractivity contribution >= 4 is 17.4 Å². The number of aromatic hydroxyl groups is 1. The predicted molar refractivity (Wildman–Crippen MR) is 129 cm³/mol. The van der Waals surface area contributed by atoms with Gasteiger partial charge in [-0.3, -0.25) is 9.59 Å². The van der Waals surface area contributed by atoms with Crippen LogP contribution in [0.5, 0.6) is 17.2 Å². The van der Waals surface area contributed by atoms with Gasteiger partial charge in [-0.1, -0.05) is 19.9 Å². The first-order chi connectivity index (χ1) is 16.8. The number of nitrogens with zero attached hydrogens (tertiary/aromatic N) is 1. The molecule has 2 saturated heterocycles. The highest BCUT2D eigenvalue weighted by Crippen LogP contribution is 2.42. The van der Waals surface area contributed by atoms with E-state index in [0.29, 0.717) is 36.0 Å². The lowest BCUT2D eigenvalue weighted by molar-refractivity contribution is -0.140. The van der Waals surface area contributed by atoms with Crippen LogP contribution in [0.1, 0.15) is 43.9 Å². The minimum absolute atomic E-state index is 0.0339. The fourth-order valence-corrected chi connectivity index (χ4v) is 4.43. The maximum absolute atomic E-state index is 13.2. The summed E-state index contributed by atoms with van der Waals surface area (Å²) in [4.78, 5) is 27.7. The molecule has 2 atom stereocenters. The van der Waals surface area contributed by atoms with Gasteiger partial charge in [-0.05, 0) is 60.7 Å². The largest absolute Gasteiger partial charge is 0.507 e. The molecule has 0 aliphatic carbocycles. The summed E-state index contributed by atoms with van der Waals surface area (Å²) in [5, 5.41) is 21.6. The number of carbonyl (C=O) groups is 2. The Labute approximate surface area is 204 Å². The van der Waals surface area contributed by atoms with Gasteiger partial charge in [-0.2, -0.15) is 0 Å². The molecule has 2 N–H and O–H groups in total. The highest BCUT2D eigenvalue weighted by atomic mass is 16.5. The van der Waals surface area contributed by atoms with Gasteiger partial charge in [0.05, 0.1) is 31.4 Å². The number of phenols is 1. The molecule has 2 fully saturated rings. The number of hydrogen-bond acceptors (Lipinski definition) is 7. The van der Waals surface area contributed by atoms with Crippen LogP contribution >= 0.6 is 0 Å². The molecule has 2 aromatic carbocycles. The van der Waals surface area contributed by atoms with E-state index in [2.05, 4.69) is 0 Å². The average molecular weight is 482 g/mol. The number of aliphatic hydroxyl groups excluding tert-OH is 1. The monoisotopic (exact) mass is 481 g/mol. The lowest BCUT2D eigenvalue weighted by atomic mass is 9.94. The third-order valence-corrected chi connectivity index (χ3v) is 6.19. The standard InChI is InChI=1S/C27H31NO7/c1-16(2)15-35-19-9-6-17(7-10-19)25(30)23-24(18-8-11-22(33-3)21(29)13-18)28(27(32)26(23)31)14-20-5-4-12-34-20/h6-11,13,16,20,24,29-30H,4-5,12,14-15H2,1-3H3/b25-23-. The van der Waals surface area contributed by atoms with Crippen molar-refractivity contribution in [2.24, 2.45) is 5.92 Å². The first-order valence-electron chi connectivity index (χ1n) is 11.8. The maximum Gasteiger partial charge on any atom is 0.295 e. The molecule has 2 aromatic rings. The number of Topliss-reactive ketones (excluding diaryl/α,β-unsaturated/α-hetero) is 1. The van der Waals surface area contributed by atoms with Crippen molar-refractivity contribution in [1.82, 2.24) is 4.90 Å². The number of ether oxygens (including phenoxy) is 3. The van der Waals surface area contributed by atoms with Crippen molar-refractivity contribution in [3.8, 4) is 17.2 Å². The molecule has 2 heterocycles. The summed E-state index contributed by atoms with van der Waals surface area (Å²) in [5.74, 6) is -0.621. The Morgan fingerprint density at radius 3 is 2.51 bits per heavy atom. The van der Waals surface area contributed by atoms with Gasteiger partial charge in [-0.25, -0.2) is 0 Å². The van der Waals surface area contributed by atoms with E-state index >= 15 is 0 Å². The highest BCUT2D eigenvalue weighted by Gasteiger charge is 2.47. The Hall–Kier alpha value is -3.52. The molecule has 2 aliphatic rings. The molecule has 0 spiro atoms. The van der Waals surface area contributed by atoms with Crippen molar-refractivity contribution in [2.45, 2.75) is 38.8 Å². The average Bonchev–Trinajstić information content (AvgIpc) is 3.45. The van der Waals surface area contributed by atoms with Crippen LogP contribution in [0.15, 0.2) is 48.0 Å². The van der Waals surface area contributed by atoms with Crippen molar-refractivity contribution in [1.29, 1.82) is 0 Å². The molecule has 1 amide bonds. The smallest absolute Gasteiger partial charge is 0.295 e.